The third-order valence-electron chi connectivity index (χ3n) is 6.02. The van der Waals surface area contributed by atoms with Crippen molar-refractivity contribution in [2.75, 3.05) is 32.9 Å². The van der Waals surface area contributed by atoms with Crippen molar-refractivity contribution >= 4 is 14.3 Å². The monoisotopic (exact) mass is 365 g/mol. The number of allylic oxidation sites excluding steroid dienone is 1. The summed E-state index contributed by atoms with van der Waals surface area (Å²) < 4.78 is 11.7. The minimum absolute atomic E-state index is 0.174. The molecule has 0 bridgehead atoms. The zero-order valence-corrected chi connectivity index (χ0v) is 17.3. The molecule has 25 heavy (non-hydrogen) atoms. The van der Waals surface area contributed by atoms with Gasteiger partial charge in [-0.1, -0.05) is 19.6 Å². The van der Waals surface area contributed by atoms with Gasteiger partial charge in [0.1, 0.15) is 0 Å². The molecule has 6 heteroatoms. The molecule has 0 saturated carbocycles. The number of rotatable bonds is 6. The molecule has 0 aromatic carbocycles. The van der Waals surface area contributed by atoms with Crippen LogP contribution in [-0.4, -0.2) is 70.3 Å². The molecule has 0 aromatic heterocycles. The van der Waals surface area contributed by atoms with Crippen LogP contribution in [-0.2, 0) is 9.47 Å². The normalized spacial score (nSPS) is 31.8. The van der Waals surface area contributed by atoms with Gasteiger partial charge in [0, 0.05) is 45.4 Å². The Morgan fingerprint density at radius 3 is 2.68 bits per heavy atom. The Bertz CT molecular complexity index is 521. The van der Waals surface area contributed by atoms with Crippen LogP contribution < -0.4 is 5.73 Å². The molecule has 3 aliphatic heterocycles. The van der Waals surface area contributed by atoms with Crippen molar-refractivity contribution in [2.24, 2.45) is 16.1 Å². The maximum atomic E-state index is 6.41. The van der Waals surface area contributed by atoms with Gasteiger partial charge in [0.2, 0.25) is 0 Å². The average Bonchev–Trinajstić information content (AvgIpc) is 3.13. The van der Waals surface area contributed by atoms with Crippen LogP contribution in [0.4, 0.5) is 0 Å². The van der Waals surface area contributed by atoms with E-state index >= 15 is 0 Å². The largest absolute Gasteiger partial charge is 0.379 e. The summed E-state index contributed by atoms with van der Waals surface area (Å²) in [4.78, 5) is 7.07. The van der Waals surface area contributed by atoms with Crippen LogP contribution in [0.15, 0.2) is 16.8 Å². The molecule has 0 radical (unpaired) electrons. The third-order valence-corrected chi connectivity index (χ3v) is 7.72. The van der Waals surface area contributed by atoms with E-state index in [2.05, 4.69) is 42.5 Å². The summed E-state index contributed by atoms with van der Waals surface area (Å²) in [5.41, 5.74) is 7.85. The molecule has 2 fully saturated rings. The Labute approximate surface area is 153 Å². The molecule has 3 atom stereocenters. The van der Waals surface area contributed by atoms with Crippen molar-refractivity contribution in [3.05, 3.63) is 11.8 Å². The number of ether oxygens (including phenoxy) is 2. The van der Waals surface area contributed by atoms with E-state index in [1.807, 2.05) is 6.21 Å². The smallest absolute Gasteiger partial charge is 0.0937 e. The Kier molecular flexibility index (Phi) is 5.73. The molecule has 5 nitrogen and oxygen atoms in total. The van der Waals surface area contributed by atoms with Crippen molar-refractivity contribution < 1.29 is 9.47 Å². The number of piperidine rings is 1. The minimum atomic E-state index is -1.01. The van der Waals surface area contributed by atoms with Crippen molar-refractivity contribution in [1.29, 1.82) is 0 Å². The van der Waals surface area contributed by atoms with Crippen LogP contribution in [0, 0.1) is 5.41 Å². The van der Waals surface area contributed by atoms with E-state index in [0.29, 0.717) is 6.61 Å². The van der Waals surface area contributed by atoms with Gasteiger partial charge in [-0.3, -0.25) is 4.99 Å². The summed E-state index contributed by atoms with van der Waals surface area (Å²) >= 11 is 0. The molecule has 1 unspecified atom stereocenters. The van der Waals surface area contributed by atoms with E-state index in [1.165, 1.54) is 11.7 Å². The topological polar surface area (TPSA) is 60.1 Å². The van der Waals surface area contributed by atoms with Gasteiger partial charge in [0.25, 0.3) is 0 Å². The summed E-state index contributed by atoms with van der Waals surface area (Å²) in [6, 6.07) is 1.58. The summed E-state index contributed by atoms with van der Waals surface area (Å²) in [5.74, 6) is 0. The second-order valence-electron chi connectivity index (χ2n) is 9.21. The number of hydrogen-bond acceptors (Lipinski definition) is 5. The summed E-state index contributed by atoms with van der Waals surface area (Å²) in [6.07, 6.45) is 6.71. The minimum Gasteiger partial charge on any atom is -0.379 e. The van der Waals surface area contributed by atoms with Crippen LogP contribution >= 0.6 is 0 Å². The SMILES string of the molecule is C[C@@H]1OCC2(CCN(C3=CC(COCC[Si](C)(C)C)N=C3)CC2)[C@@H]1N. The van der Waals surface area contributed by atoms with Gasteiger partial charge < -0.3 is 20.1 Å². The molecule has 2 N–H and O–H groups in total. The molecular formula is C19H35N3O2Si. The molecule has 0 amide bonds. The first-order chi connectivity index (χ1) is 11.8. The molecule has 142 valence electrons. The van der Waals surface area contributed by atoms with E-state index in [0.717, 1.165) is 39.1 Å². The van der Waals surface area contributed by atoms with Gasteiger partial charge in [0.05, 0.1) is 31.1 Å². The summed E-state index contributed by atoms with van der Waals surface area (Å²) in [6.45, 7) is 13.7. The van der Waals surface area contributed by atoms with Crippen molar-refractivity contribution in [3.8, 4) is 0 Å². The highest BCUT2D eigenvalue weighted by Gasteiger charge is 2.47. The fraction of sp³-hybridized carbons (Fsp3) is 0.842. The first-order valence-corrected chi connectivity index (χ1v) is 13.4. The Morgan fingerprint density at radius 2 is 2.08 bits per heavy atom. The van der Waals surface area contributed by atoms with E-state index in [9.17, 15) is 0 Å². The fourth-order valence-corrected chi connectivity index (χ4v) is 4.76. The molecule has 3 aliphatic rings. The second-order valence-corrected chi connectivity index (χ2v) is 14.8. The van der Waals surface area contributed by atoms with Gasteiger partial charge in [-0.15, -0.1) is 0 Å². The van der Waals surface area contributed by atoms with Crippen LogP contribution in [0.3, 0.4) is 0 Å². The lowest BCUT2D eigenvalue weighted by Gasteiger charge is -2.42. The molecule has 0 aliphatic carbocycles. The lowest BCUT2D eigenvalue weighted by molar-refractivity contribution is 0.0789. The number of nitrogens with two attached hydrogens (primary N) is 1. The van der Waals surface area contributed by atoms with Crippen LogP contribution in [0.5, 0.6) is 0 Å². The van der Waals surface area contributed by atoms with Gasteiger partial charge in [-0.25, -0.2) is 0 Å². The molecule has 0 aromatic rings. The summed E-state index contributed by atoms with van der Waals surface area (Å²) in [5, 5.41) is 0. The molecule has 3 heterocycles. The van der Waals surface area contributed by atoms with Gasteiger partial charge in [0.15, 0.2) is 0 Å². The van der Waals surface area contributed by atoms with Crippen molar-refractivity contribution in [2.45, 2.75) is 63.6 Å². The fourth-order valence-electron chi connectivity index (χ4n) is 4.00. The van der Waals surface area contributed by atoms with E-state index in [-0.39, 0.29) is 23.6 Å². The second kappa shape index (κ2) is 7.51. The van der Waals surface area contributed by atoms with Crippen molar-refractivity contribution in [3.63, 3.8) is 0 Å². The highest BCUT2D eigenvalue weighted by Crippen LogP contribution is 2.41. The van der Waals surface area contributed by atoms with Crippen LogP contribution in [0.1, 0.15) is 19.8 Å². The lowest BCUT2D eigenvalue weighted by atomic mass is 9.73. The lowest BCUT2D eigenvalue weighted by Crippen LogP contribution is -2.50. The highest BCUT2D eigenvalue weighted by molar-refractivity contribution is 6.76. The first-order valence-electron chi connectivity index (χ1n) is 9.74. The van der Waals surface area contributed by atoms with E-state index in [1.54, 1.807) is 0 Å². The van der Waals surface area contributed by atoms with Crippen LogP contribution in [0.2, 0.25) is 25.7 Å². The number of likely N-dealkylation sites (tertiary alicyclic amines) is 1. The zero-order chi connectivity index (χ0) is 18.1. The van der Waals surface area contributed by atoms with E-state index in [4.69, 9.17) is 15.2 Å². The number of nitrogens with zero attached hydrogens (tertiary/aromatic N) is 2. The van der Waals surface area contributed by atoms with E-state index < -0.39 is 8.07 Å². The Morgan fingerprint density at radius 1 is 1.36 bits per heavy atom. The maximum Gasteiger partial charge on any atom is 0.0937 e. The maximum absolute atomic E-state index is 6.41. The molecule has 2 saturated heterocycles. The zero-order valence-electron chi connectivity index (χ0n) is 16.3. The number of hydrogen-bond donors (Lipinski definition) is 1. The third kappa shape index (κ3) is 4.53. The first kappa shape index (κ1) is 19.1. The van der Waals surface area contributed by atoms with Gasteiger partial charge in [-0.05, 0) is 31.9 Å². The quantitative estimate of drug-likeness (QED) is 0.580. The Balaban J connectivity index is 1.44. The average molecular weight is 366 g/mol. The molecular weight excluding hydrogens is 330 g/mol. The summed E-state index contributed by atoms with van der Waals surface area (Å²) in [7, 11) is -1.01. The standard InChI is InChI=1S/C19H35N3O2Si/c1-15-18(20)19(14-24-15)5-7-22(8-6-19)17-11-16(21-12-17)13-23-9-10-25(2,3)4/h11-12,15-16,18H,5-10,13-14,20H2,1-4H3/t15-,16?,18+/m0/s1. The Hall–Kier alpha value is -0.693. The molecule has 1 spiro atoms. The molecule has 3 rings (SSSR count). The highest BCUT2D eigenvalue weighted by atomic mass is 28.3. The van der Waals surface area contributed by atoms with Gasteiger partial charge >= 0.3 is 0 Å². The van der Waals surface area contributed by atoms with Crippen LogP contribution in [0.25, 0.3) is 0 Å². The van der Waals surface area contributed by atoms with Gasteiger partial charge in [-0.2, -0.15) is 0 Å². The number of aliphatic imine (C=N–C) groups is 1. The predicted molar refractivity (Wildman–Crippen MR) is 106 cm³/mol. The predicted octanol–water partition coefficient (Wildman–Crippen LogP) is 2.51. The van der Waals surface area contributed by atoms with Crippen molar-refractivity contribution in [1.82, 2.24) is 4.90 Å².